The van der Waals surface area contributed by atoms with Crippen LogP contribution in [0.2, 0.25) is 0 Å². The molecule has 0 radical (unpaired) electrons. The van der Waals surface area contributed by atoms with Crippen LogP contribution in [0.15, 0.2) is 24.7 Å². The third-order valence-corrected chi connectivity index (χ3v) is 2.42. The van der Waals surface area contributed by atoms with Crippen LogP contribution >= 0.6 is 0 Å². The summed E-state index contributed by atoms with van der Waals surface area (Å²) in [5.41, 5.74) is 0.774. The van der Waals surface area contributed by atoms with Crippen molar-refractivity contribution in [3.63, 3.8) is 0 Å². The molecular weight excluding hydrogens is 246 g/mol. The first-order valence-electron chi connectivity index (χ1n) is 5.95. The summed E-state index contributed by atoms with van der Waals surface area (Å²) in [4.78, 5) is 19.4. The topological polar surface area (TPSA) is 81.9 Å². The number of rotatable bonds is 5. The number of carbonyl (C=O) groups excluding carboxylic acids is 1. The second-order valence-corrected chi connectivity index (χ2v) is 3.83. The highest BCUT2D eigenvalue weighted by Crippen LogP contribution is 2.11. The first-order valence-corrected chi connectivity index (χ1v) is 5.95. The van der Waals surface area contributed by atoms with Gasteiger partial charge in [-0.25, -0.2) is 19.4 Å². The highest BCUT2D eigenvalue weighted by atomic mass is 16.5. The minimum atomic E-state index is -0.558. The van der Waals surface area contributed by atoms with Crippen molar-refractivity contribution in [1.82, 2.24) is 19.7 Å². The van der Waals surface area contributed by atoms with Gasteiger partial charge in [0.2, 0.25) is 0 Å². The van der Waals surface area contributed by atoms with Crippen LogP contribution in [0.4, 0.5) is 5.82 Å². The van der Waals surface area contributed by atoms with E-state index < -0.39 is 5.97 Å². The molecule has 2 aromatic heterocycles. The average Bonchev–Trinajstić information content (AvgIpc) is 2.94. The van der Waals surface area contributed by atoms with Crippen molar-refractivity contribution in [2.45, 2.75) is 13.3 Å². The van der Waals surface area contributed by atoms with E-state index in [9.17, 15) is 4.79 Å². The van der Waals surface area contributed by atoms with Gasteiger partial charge in [-0.15, -0.1) is 5.10 Å². The quantitative estimate of drug-likeness (QED) is 0.816. The van der Waals surface area contributed by atoms with Gasteiger partial charge in [-0.2, -0.15) is 0 Å². The summed E-state index contributed by atoms with van der Waals surface area (Å²) in [5.74, 6) is 0.231. The number of carbonyl (C=O) groups is 1. The number of aromatic nitrogens is 4. The first kappa shape index (κ1) is 13.0. The predicted octanol–water partition coefficient (Wildman–Crippen LogP) is 1.27. The molecule has 2 heterocycles. The Labute approximate surface area is 110 Å². The Morgan fingerprint density at radius 1 is 1.47 bits per heavy atom. The van der Waals surface area contributed by atoms with Gasteiger partial charge in [0.05, 0.1) is 12.8 Å². The monoisotopic (exact) mass is 261 g/mol. The Hall–Kier alpha value is -2.44. The Morgan fingerprint density at radius 3 is 3.05 bits per heavy atom. The van der Waals surface area contributed by atoms with Gasteiger partial charge in [0, 0.05) is 18.8 Å². The lowest BCUT2D eigenvalue weighted by Gasteiger charge is -2.05. The molecule has 0 atom stereocenters. The van der Waals surface area contributed by atoms with E-state index in [4.69, 9.17) is 0 Å². The third-order valence-electron chi connectivity index (χ3n) is 2.42. The minimum Gasteiger partial charge on any atom is -0.463 e. The Bertz CT molecular complexity index is 567. The van der Waals surface area contributed by atoms with Crippen LogP contribution in [-0.4, -0.2) is 39.4 Å². The number of anilines is 1. The van der Waals surface area contributed by atoms with Crippen LogP contribution < -0.4 is 5.32 Å². The maximum atomic E-state index is 11.3. The maximum Gasteiger partial charge on any atom is 0.377 e. The molecule has 0 amide bonds. The highest BCUT2D eigenvalue weighted by Gasteiger charge is 2.12. The Morgan fingerprint density at radius 2 is 2.32 bits per heavy atom. The fraction of sp³-hybridized carbons (Fsp3) is 0.333. The summed E-state index contributed by atoms with van der Waals surface area (Å²) in [7, 11) is 1.29. The van der Waals surface area contributed by atoms with E-state index >= 15 is 0 Å². The van der Waals surface area contributed by atoms with Crippen molar-refractivity contribution in [2.75, 3.05) is 19.0 Å². The summed E-state index contributed by atoms with van der Waals surface area (Å²) in [5, 5.41) is 7.23. The molecule has 0 aromatic carbocycles. The lowest BCUT2D eigenvalue weighted by Crippen LogP contribution is -2.06. The van der Waals surface area contributed by atoms with Crippen molar-refractivity contribution in [1.29, 1.82) is 0 Å². The molecule has 7 nitrogen and oxygen atoms in total. The predicted molar refractivity (Wildman–Crippen MR) is 69.3 cm³/mol. The molecule has 0 saturated carbocycles. The fourth-order valence-electron chi connectivity index (χ4n) is 1.48. The SMILES string of the molecule is CCCNc1cc(-n2cnc(C(=O)OC)n2)ccn1. The van der Waals surface area contributed by atoms with Crippen molar-refractivity contribution < 1.29 is 9.53 Å². The number of nitrogens with zero attached hydrogens (tertiary/aromatic N) is 4. The number of esters is 1. The molecule has 0 spiro atoms. The van der Waals surface area contributed by atoms with Gasteiger partial charge in [0.1, 0.15) is 12.1 Å². The van der Waals surface area contributed by atoms with Crippen LogP contribution in [0.25, 0.3) is 5.69 Å². The fourth-order valence-corrected chi connectivity index (χ4v) is 1.48. The van der Waals surface area contributed by atoms with Crippen molar-refractivity contribution >= 4 is 11.8 Å². The van der Waals surface area contributed by atoms with Crippen molar-refractivity contribution in [2.24, 2.45) is 0 Å². The van der Waals surface area contributed by atoms with Crippen molar-refractivity contribution in [3.8, 4) is 5.69 Å². The summed E-state index contributed by atoms with van der Waals surface area (Å²) < 4.78 is 6.07. The van der Waals surface area contributed by atoms with E-state index in [1.807, 2.05) is 6.07 Å². The summed E-state index contributed by atoms with van der Waals surface area (Å²) >= 11 is 0. The number of nitrogens with one attached hydrogen (secondary N) is 1. The normalized spacial score (nSPS) is 10.2. The second-order valence-electron chi connectivity index (χ2n) is 3.83. The summed E-state index contributed by atoms with van der Waals surface area (Å²) in [6, 6.07) is 3.62. The van der Waals surface area contributed by atoms with E-state index in [0.29, 0.717) is 0 Å². The third kappa shape index (κ3) is 3.06. The zero-order chi connectivity index (χ0) is 13.7. The number of ether oxygens (including phenoxy) is 1. The summed E-state index contributed by atoms with van der Waals surface area (Å²) in [6.07, 6.45) is 4.15. The maximum absolute atomic E-state index is 11.3. The van der Waals surface area contributed by atoms with Gasteiger partial charge in [0.15, 0.2) is 0 Å². The van der Waals surface area contributed by atoms with E-state index in [-0.39, 0.29) is 5.82 Å². The zero-order valence-corrected chi connectivity index (χ0v) is 10.8. The van der Waals surface area contributed by atoms with Gasteiger partial charge in [-0.05, 0) is 12.5 Å². The van der Waals surface area contributed by atoms with Crippen LogP contribution in [-0.2, 0) is 4.74 Å². The molecule has 0 aliphatic rings. The van der Waals surface area contributed by atoms with Crippen LogP contribution in [0.3, 0.4) is 0 Å². The van der Waals surface area contributed by atoms with Crippen molar-refractivity contribution in [3.05, 3.63) is 30.5 Å². The molecule has 19 heavy (non-hydrogen) atoms. The first-order chi connectivity index (χ1) is 9.24. The second kappa shape index (κ2) is 5.94. The largest absolute Gasteiger partial charge is 0.463 e. The number of hydrogen-bond acceptors (Lipinski definition) is 6. The molecule has 2 rings (SSSR count). The van der Waals surface area contributed by atoms with Gasteiger partial charge >= 0.3 is 5.97 Å². The van der Waals surface area contributed by atoms with Gasteiger partial charge in [-0.3, -0.25) is 0 Å². The Balaban J connectivity index is 2.21. The zero-order valence-electron chi connectivity index (χ0n) is 10.8. The number of hydrogen-bond donors (Lipinski definition) is 1. The Kier molecular flexibility index (Phi) is 4.07. The average molecular weight is 261 g/mol. The molecule has 7 heteroatoms. The molecule has 2 aromatic rings. The smallest absolute Gasteiger partial charge is 0.377 e. The van der Waals surface area contributed by atoms with E-state index in [2.05, 4.69) is 32.0 Å². The van der Waals surface area contributed by atoms with Gasteiger partial charge in [-0.1, -0.05) is 6.92 Å². The number of pyridine rings is 1. The lowest BCUT2D eigenvalue weighted by molar-refractivity contribution is 0.0587. The molecule has 0 bridgehead atoms. The standard InChI is InChI=1S/C12H15N5O2/c1-3-5-13-10-7-9(4-6-14-10)17-8-15-11(16-17)12(18)19-2/h4,6-8H,3,5H2,1-2H3,(H,13,14). The van der Waals surface area contributed by atoms with E-state index in [1.54, 1.807) is 12.3 Å². The highest BCUT2D eigenvalue weighted by molar-refractivity contribution is 5.84. The molecule has 100 valence electrons. The molecular formula is C12H15N5O2. The molecule has 0 unspecified atom stereocenters. The van der Waals surface area contributed by atoms with Crippen LogP contribution in [0.1, 0.15) is 24.0 Å². The van der Waals surface area contributed by atoms with E-state index in [1.165, 1.54) is 18.1 Å². The van der Waals surface area contributed by atoms with Crippen LogP contribution in [0.5, 0.6) is 0 Å². The number of methoxy groups -OCH3 is 1. The van der Waals surface area contributed by atoms with E-state index in [0.717, 1.165) is 24.5 Å². The molecule has 0 saturated heterocycles. The van der Waals surface area contributed by atoms with Gasteiger partial charge in [0.25, 0.3) is 5.82 Å². The molecule has 0 aliphatic carbocycles. The molecule has 0 fully saturated rings. The molecule has 1 N–H and O–H groups in total. The van der Waals surface area contributed by atoms with Gasteiger partial charge < -0.3 is 10.1 Å². The lowest BCUT2D eigenvalue weighted by atomic mass is 10.4. The van der Waals surface area contributed by atoms with Crippen LogP contribution in [0, 0.1) is 0 Å². The molecule has 0 aliphatic heterocycles. The minimum absolute atomic E-state index is 0.0300. The summed E-state index contributed by atoms with van der Waals surface area (Å²) in [6.45, 7) is 2.93.